The maximum atomic E-state index is 14.5. The first-order valence-corrected chi connectivity index (χ1v) is 11.6. The van der Waals surface area contributed by atoms with Crippen LogP contribution in [0.15, 0.2) is 42.6 Å². The van der Waals surface area contributed by atoms with E-state index >= 15 is 0 Å². The Bertz CT molecular complexity index is 1130. The van der Waals surface area contributed by atoms with Crippen molar-refractivity contribution in [2.75, 3.05) is 37.6 Å². The molecule has 2 fully saturated rings. The summed E-state index contributed by atoms with van der Waals surface area (Å²) in [5.74, 6) is -0.100. The van der Waals surface area contributed by atoms with Crippen molar-refractivity contribution in [3.63, 3.8) is 0 Å². The summed E-state index contributed by atoms with van der Waals surface area (Å²) in [7, 11) is 0. The summed E-state index contributed by atoms with van der Waals surface area (Å²) in [6, 6.07) is 10.7. The second-order valence-corrected chi connectivity index (χ2v) is 9.07. The molecular weight excluding hydrogens is 429 g/mol. The van der Waals surface area contributed by atoms with Gasteiger partial charge in [0.15, 0.2) is 0 Å². The van der Waals surface area contributed by atoms with Crippen molar-refractivity contribution in [1.29, 1.82) is 0 Å². The minimum Gasteiger partial charge on any atom is -0.368 e. The first kappa shape index (κ1) is 21.2. The van der Waals surface area contributed by atoms with Crippen LogP contribution in [-0.4, -0.2) is 59.4 Å². The summed E-state index contributed by atoms with van der Waals surface area (Å²) in [5, 5.41) is 9.23. The highest BCUT2D eigenvalue weighted by molar-refractivity contribution is 6.30. The highest BCUT2D eigenvalue weighted by atomic mass is 35.5. The third-order valence-corrected chi connectivity index (χ3v) is 6.91. The molecule has 0 radical (unpaired) electrons. The Hall–Kier alpha value is -2.64. The van der Waals surface area contributed by atoms with Crippen LogP contribution in [-0.2, 0) is 4.79 Å². The number of aromatic nitrogens is 2. The molecule has 0 bridgehead atoms. The van der Waals surface area contributed by atoms with Gasteiger partial charge in [-0.05, 0) is 56.6 Å². The van der Waals surface area contributed by atoms with Gasteiger partial charge in [-0.15, -0.1) is 0 Å². The van der Waals surface area contributed by atoms with Gasteiger partial charge in [-0.3, -0.25) is 9.48 Å². The minimum absolute atomic E-state index is 0.0120. The van der Waals surface area contributed by atoms with Gasteiger partial charge >= 0.3 is 0 Å². The van der Waals surface area contributed by atoms with Crippen molar-refractivity contribution in [1.82, 2.24) is 20.0 Å². The standard InChI is InChI=1S/C24H27ClFN5O/c1-16(20-7-5-18(25)13-21(20)26)31-23-14-19(6-4-17(23)15-28-31)29-9-11-30(12-10-29)24(32)22-3-2-8-27-22/h4-7,13-16,22,27H,2-3,8-12H2,1H3/t16-,22?/m1/s1. The summed E-state index contributed by atoms with van der Waals surface area (Å²) in [6.07, 6.45) is 3.82. The van der Waals surface area contributed by atoms with E-state index in [0.717, 1.165) is 62.2 Å². The Morgan fingerprint density at radius 3 is 2.72 bits per heavy atom. The number of nitrogens with zero attached hydrogens (tertiary/aromatic N) is 4. The summed E-state index contributed by atoms with van der Waals surface area (Å²) < 4.78 is 16.4. The second kappa shape index (κ2) is 8.71. The van der Waals surface area contributed by atoms with Crippen LogP contribution in [0.1, 0.15) is 31.4 Å². The van der Waals surface area contributed by atoms with Gasteiger partial charge in [0, 0.05) is 47.8 Å². The number of hydrogen-bond donors (Lipinski definition) is 1. The smallest absolute Gasteiger partial charge is 0.239 e. The molecule has 3 aromatic rings. The number of halogens is 2. The Morgan fingerprint density at radius 1 is 1.19 bits per heavy atom. The summed E-state index contributed by atoms with van der Waals surface area (Å²) in [5.41, 5.74) is 2.60. The number of benzene rings is 2. The van der Waals surface area contributed by atoms with Gasteiger partial charge in [-0.2, -0.15) is 5.10 Å². The molecule has 1 N–H and O–H groups in total. The van der Waals surface area contributed by atoms with Crippen molar-refractivity contribution < 1.29 is 9.18 Å². The molecular formula is C24H27ClFN5O. The lowest BCUT2D eigenvalue weighted by molar-refractivity contribution is -0.133. The maximum Gasteiger partial charge on any atom is 0.239 e. The topological polar surface area (TPSA) is 53.4 Å². The Kier molecular flexibility index (Phi) is 5.78. The molecule has 5 rings (SSSR count). The first-order valence-electron chi connectivity index (χ1n) is 11.2. The number of hydrogen-bond acceptors (Lipinski definition) is 4. The fraction of sp³-hybridized carbons (Fsp3) is 0.417. The molecule has 0 saturated carbocycles. The third-order valence-electron chi connectivity index (χ3n) is 6.68. The second-order valence-electron chi connectivity index (χ2n) is 8.64. The lowest BCUT2D eigenvalue weighted by Gasteiger charge is -2.37. The number of rotatable bonds is 4. The maximum absolute atomic E-state index is 14.5. The molecule has 1 amide bonds. The molecule has 8 heteroatoms. The van der Waals surface area contributed by atoms with Gasteiger partial charge in [0.05, 0.1) is 23.8 Å². The molecule has 32 heavy (non-hydrogen) atoms. The van der Waals surface area contributed by atoms with E-state index in [4.69, 9.17) is 11.6 Å². The van der Waals surface area contributed by atoms with Crippen molar-refractivity contribution in [3.05, 3.63) is 59.0 Å². The van der Waals surface area contributed by atoms with Crippen LogP contribution in [0, 0.1) is 5.82 Å². The van der Waals surface area contributed by atoms with Gasteiger partial charge in [0.1, 0.15) is 5.82 Å². The Labute approximate surface area is 191 Å². The summed E-state index contributed by atoms with van der Waals surface area (Å²) in [6.45, 7) is 5.90. The largest absolute Gasteiger partial charge is 0.368 e. The number of anilines is 1. The zero-order chi connectivity index (χ0) is 22.2. The van der Waals surface area contributed by atoms with Crippen LogP contribution < -0.4 is 10.2 Å². The predicted molar refractivity (Wildman–Crippen MR) is 125 cm³/mol. The van der Waals surface area contributed by atoms with E-state index in [1.807, 2.05) is 22.7 Å². The number of piperazine rings is 1. The van der Waals surface area contributed by atoms with E-state index < -0.39 is 0 Å². The monoisotopic (exact) mass is 455 g/mol. The third kappa shape index (κ3) is 3.95. The van der Waals surface area contributed by atoms with Crippen molar-refractivity contribution in [3.8, 4) is 0 Å². The summed E-state index contributed by atoms with van der Waals surface area (Å²) >= 11 is 5.92. The number of nitrogens with one attached hydrogen (secondary N) is 1. The van der Waals surface area contributed by atoms with Crippen molar-refractivity contribution in [2.45, 2.75) is 31.8 Å². The van der Waals surface area contributed by atoms with E-state index in [2.05, 4.69) is 33.5 Å². The number of carbonyl (C=O) groups is 1. The zero-order valence-corrected chi connectivity index (χ0v) is 18.9. The Morgan fingerprint density at radius 2 is 2.00 bits per heavy atom. The number of amides is 1. The molecule has 3 heterocycles. The quantitative estimate of drug-likeness (QED) is 0.649. The normalized spacial score (nSPS) is 20.2. The minimum atomic E-state index is -0.331. The fourth-order valence-corrected chi connectivity index (χ4v) is 4.96. The molecule has 2 saturated heterocycles. The lowest BCUT2D eigenvalue weighted by atomic mass is 10.1. The van der Waals surface area contributed by atoms with Crippen LogP contribution in [0.4, 0.5) is 10.1 Å². The molecule has 0 aliphatic carbocycles. The van der Waals surface area contributed by atoms with E-state index in [-0.39, 0.29) is 23.8 Å². The van der Waals surface area contributed by atoms with E-state index in [1.165, 1.54) is 6.07 Å². The SMILES string of the molecule is C[C@H](c1ccc(Cl)cc1F)n1ncc2ccc(N3CCN(C(=O)C4CCCN4)CC3)cc21. The van der Waals surface area contributed by atoms with Gasteiger partial charge in [-0.1, -0.05) is 17.7 Å². The van der Waals surface area contributed by atoms with Gasteiger partial charge in [0.2, 0.25) is 5.91 Å². The number of carbonyl (C=O) groups excluding carboxylic acids is 1. The molecule has 1 unspecified atom stereocenters. The van der Waals surface area contributed by atoms with Gasteiger partial charge in [-0.25, -0.2) is 4.39 Å². The predicted octanol–water partition coefficient (Wildman–Crippen LogP) is 3.84. The van der Waals surface area contributed by atoms with Gasteiger partial charge in [0.25, 0.3) is 0 Å². The molecule has 1 aromatic heterocycles. The Balaban J connectivity index is 1.34. The van der Waals surface area contributed by atoms with Crippen LogP contribution >= 0.6 is 11.6 Å². The molecule has 168 valence electrons. The highest BCUT2D eigenvalue weighted by Crippen LogP contribution is 2.29. The molecule has 2 aliphatic rings. The fourth-order valence-electron chi connectivity index (χ4n) is 4.80. The molecule has 2 atom stereocenters. The van der Waals surface area contributed by atoms with E-state index in [9.17, 15) is 9.18 Å². The number of fused-ring (bicyclic) bond motifs is 1. The average Bonchev–Trinajstić information content (AvgIpc) is 3.48. The molecule has 2 aliphatic heterocycles. The van der Waals surface area contributed by atoms with Crippen molar-refractivity contribution >= 4 is 34.1 Å². The van der Waals surface area contributed by atoms with Crippen LogP contribution in [0.2, 0.25) is 5.02 Å². The van der Waals surface area contributed by atoms with E-state index in [0.29, 0.717) is 10.6 Å². The highest BCUT2D eigenvalue weighted by Gasteiger charge is 2.29. The van der Waals surface area contributed by atoms with Crippen LogP contribution in [0.3, 0.4) is 0 Å². The molecule has 6 nitrogen and oxygen atoms in total. The lowest BCUT2D eigenvalue weighted by Crippen LogP contribution is -2.53. The van der Waals surface area contributed by atoms with E-state index in [1.54, 1.807) is 12.1 Å². The van der Waals surface area contributed by atoms with Crippen LogP contribution in [0.25, 0.3) is 10.9 Å². The average molecular weight is 456 g/mol. The first-order chi connectivity index (χ1) is 15.5. The molecule has 2 aromatic carbocycles. The van der Waals surface area contributed by atoms with Crippen molar-refractivity contribution in [2.24, 2.45) is 0 Å². The molecule has 0 spiro atoms. The van der Waals surface area contributed by atoms with Gasteiger partial charge < -0.3 is 15.1 Å². The zero-order valence-electron chi connectivity index (χ0n) is 18.1. The van der Waals surface area contributed by atoms with Crippen LogP contribution in [0.5, 0.6) is 0 Å². The summed E-state index contributed by atoms with van der Waals surface area (Å²) in [4.78, 5) is 17.0.